The van der Waals surface area contributed by atoms with Crippen LogP contribution in [0.15, 0.2) is 55.0 Å². The fourth-order valence-corrected chi connectivity index (χ4v) is 4.63. The smallest absolute Gasteiger partial charge is 0.245 e. The summed E-state index contributed by atoms with van der Waals surface area (Å²) in [5.74, 6) is 0.429. The van der Waals surface area contributed by atoms with Crippen LogP contribution in [0, 0.1) is 0 Å². The van der Waals surface area contributed by atoms with Gasteiger partial charge in [-0.15, -0.1) is 29.9 Å². The van der Waals surface area contributed by atoms with E-state index in [4.69, 9.17) is 0 Å². The Kier molecular flexibility index (Phi) is 8.26. The molecule has 0 unspecified atom stereocenters. The first kappa shape index (κ1) is 26.7. The van der Waals surface area contributed by atoms with E-state index in [-0.39, 0.29) is 24.8 Å². The van der Waals surface area contributed by atoms with E-state index < -0.39 is 10.0 Å². The molecule has 0 radical (unpaired) electrons. The van der Waals surface area contributed by atoms with Gasteiger partial charge in [0.1, 0.15) is 0 Å². The number of benzene rings is 1. The molecule has 188 valence electrons. The summed E-state index contributed by atoms with van der Waals surface area (Å²) in [6.07, 6.45) is 8.79. The van der Waals surface area contributed by atoms with Crippen molar-refractivity contribution in [1.29, 1.82) is 0 Å². The maximum Gasteiger partial charge on any atom is 0.245 e. The predicted molar refractivity (Wildman–Crippen MR) is 143 cm³/mol. The number of rotatable bonds is 6. The molecule has 0 atom stereocenters. The Morgan fingerprint density at radius 2 is 1.83 bits per heavy atom. The molecule has 4 aromatic rings. The first-order valence-corrected chi connectivity index (χ1v) is 12.6. The van der Waals surface area contributed by atoms with Gasteiger partial charge in [0.25, 0.3) is 0 Å². The van der Waals surface area contributed by atoms with Crippen molar-refractivity contribution in [2.45, 2.75) is 18.9 Å². The van der Waals surface area contributed by atoms with Gasteiger partial charge in [0.15, 0.2) is 0 Å². The highest BCUT2D eigenvalue weighted by Gasteiger charge is 2.19. The number of piperidine rings is 1. The monoisotopic (exact) mass is 538 g/mol. The highest BCUT2D eigenvalue weighted by molar-refractivity contribution is 7.92. The number of halogens is 2. The minimum atomic E-state index is -3.41. The van der Waals surface area contributed by atoms with Crippen molar-refractivity contribution < 1.29 is 8.42 Å². The number of fused-ring (bicyclic) bond motifs is 1. The fourth-order valence-electron chi connectivity index (χ4n) is 4.11. The Labute approximate surface area is 216 Å². The molecule has 1 aromatic carbocycles. The summed E-state index contributed by atoms with van der Waals surface area (Å²) in [4.78, 5) is 4.43. The fraction of sp³-hybridized carbons (Fsp3) is 0.318. The average molecular weight is 539 g/mol. The molecule has 2 N–H and O–H groups in total. The maximum atomic E-state index is 12.2. The Hall–Kier alpha value is -2.86. The van der Waals surface area contributed by atoms with Crippen LogP contribution < -0.4 is 14.9 Å². The molecule has 13 heteroatoms. The summed E-state index contributed by atoms with van der Waals surface area (Å²) in [6, 6.07) is 11.6. The zero-order chi connectivity index (χ0) is 23.0. The number of nitrogens with one attached hydrogen (secondary N) is 2. The van der Waals surface area contributed by atoms with Crippen LogP contribution in [0.3, 0.4) is 0 Å². The van der Waals surface area contributed by atoms with Crippen molar-refractivity contribution in [2.75, 3.05) is 36.0 Å². The summed E-state index contributed by atoms with van der Waals surface area (Å²) in [6.45, 7) is 2.00. The van der Waals surface area contributed by atoms with Gasteiger partial charge in [-0.25, -0.2) is 17.9 Å². The van der Waals surface area contributed by atoms with Crippen LogP contribution in [0.4, 0.5) is 17.3 Å². The van der Waals surface area contributed by atoms with Crippen LogP contribution in [0.1, 0.15) is 18.9 Å². The van der Waals surface area contributed by atoms with Crippen LogP contribution in [-0.2, 0) is 10.0 Å². The number of nitrogens with zero attached hydrogens (tertiary/aromatic N) is 6. The molecular formula is C22H28Cl2N8O2S. The van der Waals surface area contributed by atoms with Crippen molar-refractivity contribution in [3.63, 3.8) is 0 Å². The van der Waals surface area contributed by atoms with E-state index >= 15 is 0 Å². The van der Waals surface area contributed by atoms with Gasteiger partial charge < -0.3 is 10.6 Å². The zero-order valence-corrected chi connectivity index (χ0v) is 21.8. The number of anilines is 3. The van der Waals surface area contributed by atoms with E-state index in [9.17, 15) is 8.42 Å². The second-order valence-corrected chi connectivity index (χ2v) is 10.2. The highest BCUT2D eigenvalue weighted by atomic mass is 35.5. The molecule has 1 aliphatic heterocycles. The summed E-state index contributed by atoms with van der Waals surface area (Å²) < 4.78 is 29.4. The van der Waals surface area contributed by atoms with Crippen LogP contribution in [0.5, 0.6) is 0 Å². The van der Waals surface area contributed by atoms with Gasteiger partial charge in [-0.1, -0.05) is 18.2 Å². The maximum absolute atomic E-state index is 12.2. The van der Waals surface area contributed by atoms with Crippen LogP contribution in [-0.4, -0.2) is 59.2 Å². The Balaban J connectivity index is 0.00000171. The van der Waals surface area contributed by atoms with Crippen molar-refractivity contribution in [2.24, 2.45) is 0 Å². The zero-order valence-electron chi connectivity index (χ0n) is 19.3. The normalized spacial score (nSPS) is 14.2. The van der Waals surface area contributed by atoms with E-state index in [0.717, 1.165) is 48.4 Å². The Morgan fingerprint density at radius 1 is 1.09 bits per heavy atom. The van der Waals surface area contributed by atoms with Crippen molar-refractivity contribution >= 4 is 57.7 Å². The van der Waals surface area contributed by atoms with Gasteiger partial charge >= 0.3 is 0 Å². The second kappa shape index (κ2) is 10.8. The molecule has 1 fully saturated rings. The molecule has 10 nitrogen and oxygen atoms in total. The minimum absolute atomic E-state index is 0. The average Bonchev–Trinajstić information content (AvgIpc) is 3.45. The van der Waals surface area contributed by atoms with Gasteiger partial charge in [0, 0.05) is 18.8 Å². The molecule has 3 aromatic heterocycles. The van der Waals surface area contributed by atoms with Crippen molar-refractivity contribution in [1.82, 2.24) is 29.7 Å². The van der Waals surface area contributed by atoms with E-state index in [1.54, 1.807) is 30.0 Å². The van der Waals surface area contributed by atoms with Gasteiger partial charge in [-0.3, -0.25) is 8.99 Å². The van der Waals surface area contributed by atoms with E-state index in [0.29, 0.717) is 17.7 Å². The quantitative estimate of drug-likeness (QED) is 0.386. The summed E-state index contributed by atoms with van der Waals surface area (Å²) in [5, 5.41) is 15.8. The standard InChI is InChI=1S/C22H26N8O2S.2ClH/c1-28(33(2,31)32)20-6-4-3-5-19(20)21-8-7-18-14-24-22(27-30(18)21)26-16-13-25-29(15-16)17-9-11-23-12-10-17;;/h3-8,13-15,17,23H,9-12H2,1-2H3,(H,26,27);2*1H. The van der Waals surface area contributed by atoms with Gasteiger partial charge in [0.05, 0.1) is 47.3 Å². The molecule has 1 saturated heterocycles. The number of hydrogen-bond acceptors (Lipinski definition) is 7. The number of hydrogen-bond donors (Lipinski definition) is 2. The topological polar surface area (TPSA) is 109 Å². The van der Waals surface area contributed by atoms with Crippen LogP contribution in [0.2, 0.25) is 0 Å². The number of aromatic nitrogens is 5. The van der Waals surface area contributed by atoms with Gasteiger partial charge in [0.2, 0.25) is 16.0 Å². The largest absolute Gasteiger partial charge is 0.320 e. The lowest BCUT2D eigenvalue weighted by Gasteiger charge is -2.22. The third kappa shape index (κ3) is 5.53. The highest BCUT2D eigenvalue weighted by Crippen LogP contribution is 2.32. The molecule has 35 heavy (non-hydrogen) atoms. The molecule has 1 aliphatic rings. The van der Waals surface area contributed by atoms with Gasteiger partial charge in [-0.05, 0) is 44.1 Å². The predicted octanol–water partition coefficient (Wildman–Crippen LogP) is 3.50. The molecule has 4 heterocycles. The van der Waals surface area contributed by atoms with E-state index in [2.05, 4.69) is 25.8 Å². The molecule has 0 aliphatic carbocycles. The number of sulfonamides is 1. The summed E-state index contributed by atoms with van der Waals surface area (Å²) in [5.41, 5.74) is 3.73. The Morgan fingerprint density at radius 3 is 2.57 bits per heavy atom. The molecule has 5 rings (SSSR count). The molecular weight excluding hydrogens is 511 g/mol. The summed E-state index contributed by atoms with van der Waals surface area (Å²) in [7, 11) is -1.87. The minimum Gasteiger partial charge on any atom is -0.320 e. The SMILES string of the molecule is CN(c1ccccc1-c1ccc2cnc(Nc3cnn(C4CCNCC4)c3)nn12)S(C)(=O)=O.Cl.Cl. The van der Waals surface area contributed by atoms with Gasteiger partial charge in [-0.2, -0.15) is 5.10 Å². The lowest BCUT2D eigenvalue weighted by molar-refractivity contribution is 0.343. The van der Waals surface area contributed by atoms with E-state index in [1.165, 1.54) is 10.6 Å². The first-order valence-electron chi connectivity index (χ1n) is 10.8. The Bertz CT molecular complexity index is 1400. The number of para-hydroxylation sites is 1. The van der Waals surface area contributed by atoms with Crippen molar-refractivity contribution in [3.05, 3.63) is 55.0 Å². The second-order valence-electron chi connectivity index (χ2n) is 8.20. The third-order valence-electron chi connectivity index (χ3n) is 5.96. The third-order valence-corrected chi connectivity index (χ3v) is 7.15. The molecule has 0 saturated carbocycles. The summed E-state index contributed by atoms with van der Waals surface area (Å²) >= 11 is 0. The molecule has 0 amide bonds. The van der Waals surface area contributed by atoms with Crippen LogP contribution >= 0.6 is 24.8 Å². The lowest BCUT2D eigenvalue weighted by Crippen LogP contribution is -2.29. The first-order chi connectivity index (χ1) is 15.9. The van der Waals surface area contributed by atoms with Crippen molar-refractivity contribution in [3.8, 4) is 11.3 Å². The lowest BCUT2D eigenvalue weighted by atomic mass is 10.1. The molecule has 0 bridgehead atoms. The molecule has 0 spiro atoms. The van der Waals surface area contributed by atoms with Crippen LogP contribution in [0.25, 0.3) is 16.8 Å². The van der Waals surface area contributed by atoms with E-state index in [1.807, 2.05) is 41.2 Å².